The molecule has 8 nitrogen and oxygen atoms in total. The van der Waals surface area contributed by atoms with Crippen LogP contribution in [-0.4, -0.2) is 42.5 Å². The Balaban J connectivity index is 0.000000279. The molecule has 0 aliphatic heterocycles. The summed E-state index contributed by atoms with van der Waals surface area (Å²) in [5.41, 5.74) is 1.88. The molecule has 3 rings (SSSR count). The molecule has 0 spiro atoms. The van der Waals surface area contributed by atoms with Gasteiger partial charge < -0.3 is 19.8 Å². The minimum Gasteiger partial charge on any atom is -0.478 e. The second-order valence-corrected chi connectivity index (χ2v) is 5.64. The SMILES string of the molecule is Cn1cc(C(=O)CCc2ncc[nH]2)c2ccccc21.O=C(O)C=CC(=O)O. The number of aryl methyl sites for hydroxylation is 2. The van der Waals surface area contributed by atoms with E-state index >= 15 is 0 Å². The van der Waals surface area contributed by atoms with Gasteiger partial charge in [0.25, 0.3) is 0 Å². The number of Topliss-reactive ketones (excluding diaryl/α,β-unsaturated/α-hetero) is 1. The Morgan fingerprint density at radius 1 is 1.15 bits per heavy atom. The zero-order chi connectivity index (χ0) is 19.8. The highest BCUT2D eigenvalue weighted by molar-refractivity contribution is 6.08. The van der Waals surface area contributed by atoms with Gasteiger partial charge in [-0.2, -0.15) is 0 Å². The van der Waals surface area contributed by atoms with Crippen LogP contribution in [0.15, 0.2) is 55.0 Å². The van der Waals surface area contributed by atoms with Crippen LogP contribution in [0.3, 0.4) is 0 Å². The smallest absolute Gasteiger partial charge is 0.328 e. The number of carboxylic acid groups (broad SMARTS) is 2. The number of nitrogens with one attached hydrogen (secondary N) is 1. The molecule has 0 radical (unpaired) electrons. The van der Waals surface area contributed by atoms with E-state index in [4.69, 9.17) is 10.2 Å². The standard InChI is InChI=1S/C15H15N3O.C4H4O4/c1-18-10-12(11-4-2-3-5-13(11)18)14(19)6-7-15-16-8-9-17-15;5-3(6)1-2-4(7)8/h2-5,8-10H,6-7H2,1H3,(H,16,17);1-2H,(H,5,6)(H,7,8). The lowest BCUT2D eigenvalue weighted by molar-refractivity contribution is -0.134. The number of nitrogens with zero attached hydrogens (tertiary/aromatic N) is 2. The van der Waals surface area contributed by atoms with Gasteiger partial charge in [-0.25, -0.2) is 14.6 Å². The predicted molar refractivity (Wildman–Crippen MR) is 98.6 cm³/mol. The number of aromatic nitrogens is 3. The van der Waals surface area contributed by atoms with Crippen molar-refractivity contribution in [2.75, 3.05) is 0 Å². The number of H-pyrrole nitrogens is 1. The van der Waals surface area contributed by atoms with E-state index in [1.54, 1.807) is 12.4 Å². The van der Waals surface area contributed by atoms with Crippen LogP contribution in [0.2, 0.25) is 0 Å². The molecule has 2 aromatic heterocycles. The quantitative estimate of drug-likeness (QED) is 0.453. The fourth-order valence-electron chi connectivity index (χ4n) is 2.51. The van der Waals surface area contributed by atoms with E-state index in [0.717, 1.165) is 22.3 Å². The third-order valence-electron chi connectivity index (χ3n) is 3.71. The van der Waals surface area contributed by atoms with Crippen molar-refractivity contribution in [3.8, 4) is 0 Å². The number of hydrogen-bond donors (Lipinski definition) is 3. The van der Waals surface area contributed by atoms with Gasteiger partial charge in [0, 0.05) is 67.1 Å². The van der Waals surface area contributed by atoms with Gasteiger partial charge in [0.15, 0.2) is 5.78 Å². The number of rotatable bonds is 6. The summed E-state index contributed by atoms with van der Waals surface area (Å²) >= 11 is 0. The molecule has 3 aromatic rings. The summed E-state index contributed by atoms with van der Waals surface area (Å²) in [7, 11) is 1.96. The largest absolute Gasteiger partial charge is 0.478 e. The van der Waals surface area contributed by atoms with Gasteiger partial charge in [-0.3, -0.25) is 4.79 Å². The summed E-state index contributed by atoms with van der Waals surface area (Å²) in [6.07, 6.45) is 7.63. The molecule has 0 saturated carbocycles. The molecule has 3 N–H and O–H groups in total. The van der Waals surface area contributed by atoms with Crippen LogP contribution >= 0.6 is 0 Å². The lowest BCUT2D eigenvalue weighted by Gasteiger charge is -1.98. The number of fused-ring (bicyclic) bond motifs is 1. The van der Waals surface area contributed by atoms with Crippen molar-refractivity contribution < 1.29 is 24.6 Å². The maximum absolute atomic E-state index is 12.3. The molecule has 0 amide bonds. The zero-order valence-electron chi connectivity index (χ0n) is 14.6. The van der Waals surface area contributed by atoms with Crippen LogP contribution in [0.25, 0.3) is 10.9 Å². The van der Waals surface area contributed by atoms with Gasteiger partial charge in [0.2, 0.25) is 0 Å². The van der Waals surface area contributed by atoms with Gasteiger partial charge in [-0.1, -0.05) is 18.2 Å². The molecule has 0 fully saturated rings. The molecule has 140 valence electrons. The number of hydrogen-bond acceptors (Lipinski definition) is 4. The van der Waals surface area contributed by atoms with E-state index in [1.807, 2.05) is 42.1 Å². The first-order chi connectivity index (χ1) is 12.9. The summed E-state index contributed by atoms with van der Waals surface area (Å²) in [6, 6.07) is 7.97. The fourth-order valence-corrected chi connectivity index (χ4v) is 2.51. The van der Waals surface area contributed by atoms with Crippen LogP contribution in [0.1, 0.15) is 22.6 Å². The summed E-state index contributed by atoms with van der Waals surface area (Å²) in [5.74, 6) is -1.50. The van der Waals surface area contributed by atoms with E-state index in [9.17, 15) is 14.4 Å². The molecule has 27 heavy (non-hydrogen) atoms. The number of imidazole rings is 1. The number of carbonyl (C=O) groups is 3. The average Bonchev–Trinajstić information content (AvgIpc) is 3.27. The highest BCUT2D eigenvalue weighted by atomic mass is 16.4. The van der Waals surface area contributed by atoms with Crippen molar-refractivity contribution >= 4 is 28.6 Å². The Labute approximate surface area is 154 Å². The summed E-state index contributed by atoms with van der Waals surface area (Å²) < 4.78 is 2.00. The second kappa shape index (κ2) is 9.14. The van der Waals surface area contributed by atoms with Gasteiger partial charge in [0.1, 0.15) is 5.82 Å². The van der Waals surface area contributed by atoms with Crippen LogP contribution in [0, 0.1) is 0 Å². The number of para-hydroxylation sites is 1. The van der Waals surface area contributed by atoms with Crippen molar-refractivity contribution in [1.29, 1.82) is 0 Å². The van der Waals surface area contributed by atoms with Gasteiger partial charge >= 0.3 is 11.9 Å². The zero-order valence-corrected chi connectivity index (χ0v) is 14.6. The van der Waals surface area contributed by atoms with Crippen molar-refractivity contribution in [1.82, 2.24) is 14.5 Å². The normalized spacial score (nSPS) is 10.6. The van der Waals surface area contributed by atoms with E-state index in [0.29, 0.717) is 25.0 Å². The fraction of sp³-hybridized carbons (Fsp3) is 0.158. The summed E-state index contributed by atoms with van der Waals surface area (Å²) in [4.78, 5) is 38.6. The number of aliphatic carboxylic acids is 2. The van der Waals surface area contributed by atoms with Crippen LogP contribution in [0.5, 0.6) is 0 Å². The molecular formula is C19H19N3O5. The highest BCUT2D eigenvalue weighted by Crippen LogP contribution is 2.21. The highest BCUT2D eigenvalue weighted by Gasteiger charge is 2.13. The van der Waals surface area contributed by atoms with Crippen molar-refractivity contribution in [3.63, 3.8) is 0 Å². The van der Waals surface area contributed by atoms with Crippen LogP contribution < -0.4 is 0 Å². The number of benzene rings is 1. The van der Waals surface area contributed by atoms with E-state index in [1.165, 1.54) is 0 Å². The first kappa shape index (κ1) is 19.6. The van der Waals surface area contributed by atoms with E-state index in [2.05, 4.69) is 9.97 Å². The Kier molecular flexibility index (Phi) is 6.65. The first-order valence-electron chi connectivity index (χ1n) is 8.08. The summed E-state index contributed by atoms with van der Waals surface area (Å²) in [5, 5.41) is 16.6. The van der Waals surface area contributed by atoms with Crippen molar-refractivity contribution in [2.24, 2.45) is 7.05 Å². The molecule has 0 bridgehead atoms. The molecule has 0 unspecified atom stereocenters. The van der Waals surface area contributed by atoms with Crippen LogP contribution in [0.4, 0.5) is 0 Å². The molecule has 0 aliphatic rings. The average molecular weight is 369 g/mol. The third-order valence-corrected chi connectivity index (χ3v) is 3.71. The van der Waals surface area contributed by atoms with Gasteiger partial charge in [0.05, 0.1) is 0 Å². The van der Waals surface area contributed by atoms with Crippen LogP contribution in [-0.2, 0) is 23.1 Å². The Bertz CT molecular complexity index is 955. The minimum absolute atomic E-state index is 0.160. The monoisotopic (exact) mass is 369 g/mol. The van der Waals surface area contributed by atoms with E-state index in [-0.39, 0.29) is 5.78 Å². The lowest BCUT2D eigenvalue weighted by atomic mass is 10.1. The summed E-state index contributed by atoms with van der Waals surface area (Å²) in [6.45, 7) is 0. The Morgan fingerprint density at radius 3 is 2.41 bits per heavy atom. The number of carbonyl (C=O) groups excluding carboxylic acids is 1. The maximum atomic E-state index is 12.3. The maximum Gasteiger partial charge on any atom is 0.328 e. The second-order valence-electron chi connectivity index (χ2n) is 5.64. The molecule has 8 heteroatoms. The molecule has 1 aromatic carbocycles. The number of aromatic amines is 1. The van der Waals surface area contributed by atoms with Gasteiger partial charge in [-0.05, 0) is 6.07 Å². The third kappa shape index (κ3) is 5.67. The Morgan fingerprint density at radius 2 is 1.81 bits per heavy atom. The molecule has 0 atom stereocenters. The molecule has 0 aliphatic carbocycles. The lowest BCUT2D eigenvalue weighted by Crippen LogP contribution is -2.01. The molecule has 2 heterocycles. The number of ketones is 1. The first-order valence-corrected chi connectivity index (χ1v) is 8.08. The van der Waals surface area contributed by atoms with Crippen molar-refractivity contribution in [3.05, 3.63) is 66.4 Å². The topological polar surface area (TPSA) is 125 Å². The van der Waals surface area contributed by atoms with E-state index < -0.39 is 11.9 Å². The molecular weight excluding hydrogens is 350 g/mol. The Hall–Kier alpha value is -3.68. The molecule has 0 saturated heterocycles. The number of carboxylic acids is 2. The predicted octanol–water partition coefficient (Wildman–Crippen LogP) is 2.43. The van der Waals surface area contributed by atoms with Crippen molar-refractivity contribution in [2.45, 2.75) is 12.8 Å². The van der Waals surface area contributed by atoms with Gasteiger partial charge in [-0.15, -0.1) is 0 Å². The minimum atomic E-state index is -1.26.